The Morgan fingerprint density at radius 1 is 1.58 bits per heavy atom. The van der Waals surface area contributed by atoms with Crippen molar-refractivity contribution in [1.29, 1.82) is 0 Å². The third-order valence-electron chi connectivity index (χ3n) is 2.92. The van der Waals surface area contributed by atoms with Crippen LogP contribution in [0.25, 0.3) is 0 Å². The smallest absolute Gasteiger partial charge is 0.287 e. The van der Waals surface area contributed by atoms with E-state index in [1.54, 1.807) is 4.90 Å². The van der Waals surface area contributed by atoms with Crippen LogP contribution in [0.15, 0.2) is 18.2 Å². The lowest BCUT2D eigenvalue weighted by Crippen LogP contribution is -2.41. The predicted molar refractivity (Wildman–Crippen MR) is 75.9 cm³/mol. The maximum Gasteiger partial charge on any atom is 0.287 e. The molecule has 1 amide bonds. The number of carbonyl (C=O) groups excluding carboxylic acids is 1. The molecule has 1 unspecified atom stereocenters. The molecule has 0 aliphatic carbocycles. The van der Waals surface area contributed by atoms with Crippen molar-refractivity contribution in [2.45, 2.75) is 12.2 Å². The van der Waals surface area contributed by atoms with E-state index in [1.165, 1.54) is 18.2 Å². The van der Waals surface area contributed by atoms with Crippen molar-refractivity contribution in [3.05, 3.63) is 38.9 Å². The van der Waals surface area contributed by atoms with Gasteiger partial charge in [-0.1, -0.05) is 18.5 Å². The van der Waals surface area contributed by atoms with Crippen LogP contribution in [0, 0.1) is 10.1 Å². The number of rotatable bonds is 2. The highest BCUT2D eigenvalue weighted by molar-refractivity contribution is 7.99. The third kappa shape index (κ3) is 3.19. The van der Waals surface area contributed by atoms with Crippen LogP contribution in [0.4, 0.5) is 5.69 Å². The fourth-order valence-electron chi connectivity index (χ4n) is 1.97. The summed E-state index contributed by atoms with van der Waals surface area (Å²) in [5.41, 5.74) is 0.218. The van der Waals surface area contributed by atoms with Crippen molar-refractivity contribution in [3.63, 3.8) is 0 Å². The number of hydrogen-bond acceptors (Lipinski definition) is 4. The summed E-state index contributed by atoms with van der Waals surface area (Å²) in [5, 5.41) is 11.1. The van der Waals surface area contributed by atoms with Gasteiger partial charge in [-0.25, -0.2) is 0 Å². The van der Waals surface area contributed by atoms with E-state index in [9.17, 15) is 14.9 Å². The van der Waals surface area contributed by atoms with Crippen molar-refractivity contribution in [2.24, 2.45) is 0 Å². The molecule has 2 rings (SSSR count). The minimum Gasteiger partial charge on any atom is -0.337 e. The summed E-state index contributed by atoms with van der Waals surface area (Å²) < 4.78 is 0. The Kier molecular flexibility index (Phi) is 4.31. The highest BCUT2D eigenvalue weighted by Crippen LogP contribution is 2.26. The molecule has 1 atom stereocenters. The lowest BCUT2D eigenvalue weighted by atomic mass is 10.1. The quantitative estimate of drug-likeness (QED) is 0.622. The van der Waals surface area contributed by atoms with Crippen molar-refractivity contribution < 1.29 is 9.72 Å². The van der Waals surface area contributed by atoms with E-state index < -0.39 is 4.92 Å². The summed E-state index contributed by atoms with van der Waals surface area (Å²) in [4.78, 5) is 24.1. The van der Waals surface area contributed by atoms with Crippen LogP contribution in [0.2, 0.25) is 5.02 Å². The SMILES string of the molecule is CC1CN(C(=O)c2ccc([N+](=O)[O-])c(Cl)c2)CCS1. The number of nitro groups is 1. The average Bonchev–Trinajstić information content (AvgIpc) is 2.37. The summed E-state index contributed by atoms with van der Waals surface area (Å²) >= 11 is 7.65. The number of carbonyl (C=O) groups is 1. The number of nitrogens with zero attached hydrogens (tertiary/aromatic N) is 2. The lowest BCUT2D eigenvalue weighted by molar-refractivity contribution is -0.384. The largest absolute Gasteiger partial charge is 0.337 e. The molecule has 0 bridgehead atoms. The monoisotopic (exact) mass is 300 g/mol. The lowest BCUT2D eigenvalue weighted by Gasteiger charge is -2.30. The van der Waals surface area contributed by atoms with Crippen molar-refractivity contribution >= 4 is 35.0 Å². The Labute approximate surface area is 120 Å². The first kappa shape index (κ1) is 14.1. The molecule has 1 fully saturated rings. The molecule has 1 aliphatic rings. The van der Waals surface area contributed by atoms with Gasteiger partial charge in [0.25, 0.3) is 11.6 Å². The van der Waals surface area contributed by atoms with E-state index in [1.807, 2.05) is 11.8 Å². The first-order chi connectivity index (χ1) is 8.99. The molecule has 1 aromatic rings. The van der Waals surface area contributed by atoms with Crippen LogP contribution in [0.5, 0.6) is 0 Å². The summed E-state index contributed by atoms with van der Waals surface area (Å²) in [7, 11) is 0. The number of thioether (sulfide) groups is 1. The number of halogens is 1. The second-order valence-corrected chi connectivity index (χ2v) is 6.31. The van der Waals surface area contributed by atoms with Gasteiger partial charge in [-0.15, -0.1) is 0 Å². The van der Waals surface area contributed by atoms with Gasteiger partial charge in [-0.3, -0.25) is 14.9 Å². The molecule has 1 heterocycles. The van der Waals surface area contributed by atoms with E-state index in [2.05, 4.69) is 6.92 Å². The fraction of sp³-hybridized carbons (Fsp3) is 0.417. The molecule has 1 aromatic carbocycles. The molecule has 0 radical (unpaired) electrons. The Hall–Kier alpha value is -1.27. The zero-order valence-corrected chi connectivity index (χ0v) is 11.9. The number of nitro benzene ring substituents is 1. The number of benzene rings is 1. The first-order valence-electron chi connectivity index (χ1n) is 5.84. The maximum atomic E-state index is 12.3. The molecule has 5 nitrogen and oxygen atoms in total. The Morgan fingerprint density at radius 2 is 2.32 bits per heavy atom. The van der Waals surface area contributed by atoms with Crippen LogP contribution >= 0.6 is 23.4 Å². The molecule has 0 aromatic heterocycles. The predicted octanol–water partition coefficient (Wildman–Crippen LogP) is 2.83. The summed E-state index contributed by atoms with van der Waals surface area (Å²) in [6, 6.07) is 4.10. The van der Waals surface area contributed by atoms with Crippen molar-refractivity contribution in [2.75, 3.05) is 18.8 Å². The summed E-state index contributed by atoms with van der Waals surface area (Å²) in [5.74, 6) is 0.789. The Balaban J connectivity index is 2.19. The minimum absolute atomic E-state index is 0.00437. The molecule has 102 valence electrons. The molecule has 0 N–H and O–H groups in total. The van der Waals surface area contributed by atoms with Crippen LogP contribution in [-0.4, -0.2) is 39.8 Å². The van der Waals surface area contributed by atoms with Gasteiger partial charge in [-0.2, -0.15) is 11.8 Å². The van der Waals surface area contributed by atoms with Crippen molar-refractivity contribution in [1.82, 2.24) is 4.90 Å². The highest BCUT2D eigenvalue weighted by Gasteiger charge is 2.23. The van der Waals surface area contributed by atoms with Crippen LogP contribution in [0.1, 0.15) is 17.3 Å². The second kappa shape index (κ2) is 5.79. The Bertz CT molecular complexity index is 524. The number of hydrogen-bond donors (Lipinski definition) is 0. The van der Waals surface area contributed by atoms with Crippen LogP contribution < -0.4 is 0 Å². The molecule has 7 heteroatoms. The van der Waals surface area contributed by atoms with Crippen LogP contribution in [-0.2, 0) is 0 Å². The summed E-state index contributed by atoms with van der Waals surface area (Å²) in [6.07, 6.45) is 0. The highest BCUT2D eigenvalue weighted by atomic mass is 35.5. The average molecular weight is 301 g/mol. The molecule has 1 aliphatic heterocycles. The van der Waals surface area contributed by atoms with E-state index in [0.717, 1.165) is 5.75 Å². The number of amides is 1. The van der Waals surface area contributed by atoms with Gasteiger partial charge in [0.05, 0.1) is 4.92 Å². The standard InChI is InChI=1S/C12H13ClN2O3S/c1-8-7-14(4-5-19-8)12(16)9-2-3-11(15(17)18)10(13)6-9/h2-3,6,8H,4-5,7H2,1H3. The van der Waals surface area contributed by atoms with Gasteiger partial charge in [0.1, 0.15) is 5.02 Å². The van der Waals surface area contributed by atoms with Gasteiger partial charge in [-0.05, 0) is 12.1 Å². The zero-order chi connectivity index (χ0) is 14.0. The third-order valence-corrected chi connectivity index (χ3v) is 4.36. The molecule has 0 spiro atoms. The fourth-order valence-corrected chi connectivity index (χ4v) is 3.24. The Morgan fingerprint density at radius 3 is 2.89 bits per heavy atom. The molecular formula is C12H13ClN2O3S. The van der Waals surface area contributed by atoms with E-state index >= 15 is 0 Å². The van der Waals surface area contributed by atoms with Gasteiger partial charge in [0.15, 0.2) is 0 Å². The maximum absolute atomic E-state index is 12.3. The minimum atomic E-state index is -0.559. The molecule has 0 saturated carbocycles. The van der Waals surface area contributed by atoms with Gasteiger partial charge in [0, 0.05) is 35.7 Å². The van der Waals surface area contributed by atoms with Crippen LogP contribution in [0.3, 0.4) is 0 Å². The molecule has 1 saturated heterocycles. The van der Waals surface area contributed by atoms with Crippen molar-refractivity contribution in [3.8, 4) is 0 Å². The van der Waals surface area contributed by atoms with E-state index in [4.69, 9.17) is 11.6 Å². The first-order valence-corrected chi connectivity index (χ1v) is 7.26. The van der Waals surface area contributed by atoms with Gasteiger partial charge in [0.2, 0.25) is 0 Å². The van der Waals surface area contributed by atoms with Gasteiger partial charge < -0.3 is 4.90 Å². The zero-order valence-electron chi connectivity index (χ0n) is 10.3. The molecule has 19 heavy (non-hydrogen) atoms. The normalized spacial score (nSPS) is 19.3. The van der Waals surface area contributed by atoms with E-state index in [0.29, 0.717) is 23.9 Å². The molecular weight excluding hydrogens is 288 g/mol. The topological polar surface area (TPSA) is 63.5 Å². The van der Waals surface area contributed by atoms with E-state index in [-0.39, 0.29) is 16.6 Å². The van der Waals surface area contributed by atoms with Gasteiger partial charge >= 0.3 is 0 Å². The summed E-state index contributed by atoms with van der Waals surface area (Å²) in [6.45, 7) is 3.47. The second-order valence-electron chi connectivity index (χ2n) is 4.36.